The van der Waals surface area contributed by atoms with Crippen LogP contribution in [0.15, 0.2) is 36.7 Å². The summed E-state index contributed by atoms with van der Waals surface area (Å²) in [5.41, 5.74) is 1.52. The van der Waals surface area contributed by atoms with E-state index in [4.69, 9.17) is 0 Å². The molecule has 0 aromatic carbocycles. The second-order valence-electron chi connectivity index (χ2n) is 10.5. The summed E-state index contributed by atoms with van der Waals surface area (Å²) in [5, 5.41) is 21.6. The van der Waals surface area contributed by atoms with Crippen molar-refractivity contribution in [1.82, 2.24) is 19.8 Å². The third-order valence-electron chi connectivity index (χ3n) is 7.67. The second kappa shape index (κ2) is 14.9. The van der Waals surface area contributed by atoms with Gasteiger partial charge in [0.05, 0.1) is 23.3 Å². The van der Waals surface area contributed by atoms with Gasteiger partial charge < -0.3 is 39.4 Å². The van der Waals surface area contributed by atoms with Crippen molar-refractivity contribution in [2.75, 3.05) is 62.2 Å². The molecule has 2 amide bonds. The summed E-state index contributed by atoms with van der Waals surface area (Å²) in [4.78, 5) is 61.0. The quantitative estimate of drug-likeness (QED) is 0.311. The number of rotatable bonds is 6. The predicted molar refractivity (Wildman–Crippen MR) is 140 cm³/mol. The van der Waals surface area contributed by atoms with Gasteiger partial charge in [0.25, 0.3) is 0 Å². The van der Waals surface area contributed by atoms with E-state index in [0.29, 0.717) is 26.2 Å². The summed E-state index contributed by atoms with van der Waals surface area (Å²) in [6.45, 7) is 5.64. The maximum Gasteiger partial charge on any atom is 1.00 e. The second-order valence-corrected chi connectivity index (χ2v) is 10.5. The monoisotopic (exact) mass is 562 g/mol. The van der Waals surface area contributed by atoms with Crippen molar-refractivity contribution in [3.63, 3.8) is 0 Å². The number of carbonyl (C=O) groups is 4. The standard InChI is InChI=1S/2C14H17N3O3.2Li/c2*18-13(10-1-2-10)17-7-5-16(6-8-17)11-3-4-15-12(9-11)14(19)20;;/h2*3-4,9-10H,1-2,5-8H2,(H,19,20);;/q;;2*+1/p-2. The Kier molecular flexibility index (Phi) is 11.9. The fourth-order valence-corrected chi connectivity index (χ4v) is 5.00. The largest absolute Gasteiger partial charge is 1.00 e. The van der Waals surface area contributed by atoms with E-state index >= 15 is 0 Å². The minimum absolute atomic E-state index is 0. The maximum absolute atomic E-state index is 12.0. The van der Waals surface area contributed by atoms with Gasteiger partial charge in [-0.2, -0.15) is 0 Å². The third-order valence-corrected chi connectivity index (χ3v) is 7.67. The van der Waals surface area contributed by atoms with E-state index in [1.54, 1.807) is 12.1 Å². The van der Waals surface area contributed by atoms with E-state index in [1.165, 1.54) is 24.5 Å². The zero-order chi connectivity index (χ0) is 28.2. The molecule has 0 bridgehead atoms. The summed E-state index contributed by atoms with van der Waals surface area (Å²) in [7, 11) is 0. The van der Waals surface area contributed by atoms with Crippen molar-refractivity contribution in [2.45, 2.75) is 25.7 Å². The van der Waals surface area contributed by atoms with Crippen LogP contribution >= 0.6 is 0 Å². The molecule has 2 saturated carbocycles. The maximum atomic E-state index is 12.0. The molecule has 42 heavy (non-hydrogen) atoms. The van der Waals surface area contributed by atoms with Gasteiger partial charge in [0, 0.05) is 88.0 Å². The number of carbonyl (C=O) groups excluding carboxylic acids is 4. The van der Waals surface area contributed by atoms with Gasteiger partial charge in [0.2, 0.25) is 11.8 Å². The first kappa shape index (κ1) is 33.5. The van der Waals surface area contributed by atoms with E-state index in [2.05, 4.69) is 19.8 Å². The van der Waals surface area contributed by atoms with E-state index in [1.807, 2.05) is 9.80 Å². The first-order valence-corrected chi connectivity index (χ1v) is 13.7. The van der Waals surface area contributed by atoms with Crippen LogP contribution in [0.4, 0.5) is 11.4 Å². The summed E-state index contributed by atoms with van der Waals surface area (Å²) >= 11 is 0. The van der Waals surface area contributed by atoms with Crippen LogP contribution in [-0.4, -0.2) is 95.9 Å². The molecule has 0 N–H and O–H groups in total. The minimum atomic E-state index is -1.27. The van der Waals surface area contributed by atoms with Crippen LogP contribution in [0.1, 0.15) is 46.7 Å². The van der Waals surface area contributed by atoms with Crippen LogP contribution in [0.2, 0.25) is 0 Å². The Morgan fingerprint density at radius 1 is 0.595 bits per heavy atom. The van der Waals surface area contributed by atoms with E-state index in [0.717, 1.165) is 63.2 Å². The predicted octanol–water partition coefficient (Wildman–Crippen LogP) is -6.98. The van der Waals surface area contributed by atoms with Crippen molar-refractivity contribution >= 4 is 35.1 Å². The number of pyridine rings is 2. The van der Waals surface area contributed by atoms with Crippen LogP contribution in [-0.2, 0) is 9.59 Å². The number of hydrogen-bond donors (Lipinski definition) is 0. The number of aromatic nitrogens is 2. The average Bonchev–Trinajstić information content (AvgIpc) is 3.91. The Bertz CT molecular complexity index is 1180. The average molecular weight is 562 g/mol. The summed E-state index contributed by atoms with van der Waals surface area (Å²) in [6.07, 6.45) is 7.05. The fourth-order valence-electron chi connectivity index (χ4n) is 5.00. The Labute approximate surface area is 268 Å². The van der Waals surface area contributed by atoms with Gasteiger partial charge in [-0.25, -0.2) is 0 Å². The number of piperazine rings is 2. The molecule has 12 nitrogen and oxygen atoms in total. The van der Waals surface area contributed by atoms with Crippen molar-refractivity contribution in [3.05, 3.63) is 48.0 Å². The number of aromatic carboxylic acids is 2. The van der Waals surface area contributed by atoms with E-state index in [9.17, 15) is 29.4 Å². The van der Waals surface area contributed by atoms with Gasteiger partial charge in [-0.3, -0.25) is 19.6 Å². The van der Waals surface area contributed by atoms with Gasteiger partial charge in [0.1, 0.15) is 0 Å². The molecular formula is C28H32Li2N6O6. The van der Waals surface area contributed by atoms with Crippen molar-refractivity contribution in [1.29, 1.82) is 0 Å². The molecular weight excluding hydrogens is 530 g/mol. The first-order valence-electron chi connectivity index (χ1n) is 13.7. The summed E-state index contributed by atoms with van der Waals surface area (Å²) in [5.74, 6) is -1.48. The molecule has 212 valence electrons. The van der Waals surface area contributed by atoms with Crippen molar-refractivity contribution in [2.24, 2.45) is 11.8 Å². The van der Waals surface area contributed by atoms with Gasteiger partial charge in [-0.05, 0) is 49.9 Å². The van der Waals surface area contributed by atoms with Crippen LogP contribution in [0, 0.1) is 11.8 Å². The molecule has 6 rings (SSSR count). The van der Waals surface area contributed by atoms with Gasteiger partial charge in [-0.1, -0.05) is 0 Å². The van der Waals surface area contributed by atoms with Crippen molar-refractivity contribution < 1.29 is 67.1 Å². The number of amides is 2. The molecule has 14 heteroatoms. The molecule has 4 heterocycles. The van der Waals surface area contributed by atoms with Crippen molar-refractivity contribution in [3.8, 4) is 0 Å². The van der Waals surface area contributed by atoms with Crippen LogP contribution < -0.4 is 57.7 Å². The molecule has 4 fully saturated rings. The topological polar surface area (TPSA) is 153 Å². The van der Waals surface area contributed by atoms with Gasteiger partial charge >= 0.3 is 37.7 Å². The molecule has 0 radical (unpaired) electrons. The Balaban J connectivity index is 0.000000220. The minimum Gasteiger partial charge on any atom is -0.543 e. The molecule has 2 aliphatic carbocycles. The van der Waals surface area contributed by atoms with Gasteiger partial charge in [-0.15, -0.1) is 0 Å². The SMILES string of the molecule is O=C([O-])c1cc(N2CCN(C(=O)C3CC3)CC2)ccn1.O=C([O-])c1cc(N2CCN(C(=O)C3CC3)CC2)ccn1.[Li+].[Li+]. The first-order chi connectivity index (χ1) is 19.3. The fraction of sp³-hybridized carbons (Fsp3) is 0.500. The number of carboxylic acid groups (broad SMARTS) is 2. The molecule has 0 atom stereocenters. The molecule has 2 saturated heterocycles. The molecule has 2 aromatic heterocycles. The summed E-state index contributed by atoms with van der Waals surface area (Å²) in [6, 6.07) is 6.61. The molecule has 4 aliphatic rings. The van der Waals surface area contributed by atoms with Crippen LogP contribution in [0.3, 0.4) is 0 Å². The van der Waals surface area contributed by atoms with Crippen LogP contribution in [0.25, 0.3) is 0 Å². The number of hydrogen-bond acceptors (Lipinski definition) is 10. The smallest absolute Gasteiger partial charge is 0.543 e. The number of nitrogens with zero attached hydrogens (tertiary/aromatic N) is 6. The number of carboxylic acids is 2. The normalized spacial score (nSPS) is 18.1. The molecule has 0 unspecified atom stereocenters. The van der Waals surface area contributed by atoms with E-state index < -0.39 is 11.9 Å². The Morgan fingerprint density at radius 2 is 0.929 bits per heavy atom. The zero-order valence-electron chi connectivity index (χ0n) is 24.2. The summed E-state index contributed by atoms with van der Waals surface area (Å²) < 4.78 is 0. The zero-order valence-corrected chi connectivity index (χ0v) is 24.2. The van der Waals surface area contributed by atoms with Gasteiger partial charge in [0.15, 0.2) is 0 Å². The molecule has 2 aromatic rings. The van der Waals surface area contributed by atoms with E-state index in [-0.39, 0.29) is 72.8 Å². The molecule has 0 spiro atoms. The Morgan fingerprint density at radius 3 is 1.21 bits per heavy atom. The third kappa shape index (κ3) is 8.51. The molecule has 2 aliphatic heterocycles. The van der Waals surface area contributed by atoms with Crippen LogP contribution in [0.5, 0.6) is 0 Å². The number of anilines is 2. The Hall–Kier alpha value is -3.03.